The molecule has 0 amide bonds. The van der Waals surface area contributed by atoms with Crippen LogP contribution >= 0.6 is 0 Å². The Bertz CT molecular complexity index is 549. The van der Waals surface area contributed by atoms with Gasteiger partial charge in [-0.25, -0.2) is 9.67 Å². The third-order valence-corrected chi connectivity index (χ3v) is 3.49. The highest BCUT2D eigenvalue weighted by Gasteiger charge is 2.29. The van der Waals surface area contributed by atoms with E-state index in [1.165, 1.54) is 5.56 Å². The van der Waals surface area contributed by atoms with Crippen LogP contribution in [0.4, 0.5) is 0 Å². The maximum atomic E-state index is 4.73. The average Bonchev–Trinajstić information content (AvgIpc) is 2.88. The van der Waals surface area contributed by atoms with Crippen LogP contribution in [0.1, 0.15) is 50.4 Å². The summed E-state index contributed by atoms with van der Waals surface area (Å²) in [6.45, 7) is 6.49. The summed E-state index contributed by atoms with van der Waals surface area (Å²) in [4.78, 5) is 4.69. The van der Waals surface area contributed by atoms with Crippen molar-refractivity contribution in [2.75, 3.05) is 0 Å². The predicted molar refractivity (Wildman–Crippen MR) is 71.6 cm³/mol. The van der Waals surface area contributed by atoms with E-state index in [1.807, 2.05) is 0 Å². The van der Waals surface area contributed by atoms with Crippen molar-refractivity contribution in [3.8, 4) is 0 Å². The Morgan fingerprint density at radius 3 is 2.56 bits per heavy atom. The molecule has 2 heterocycles. The topological polar surface area (TPSA) is 30.7 Å². The fourth-order valence-electron chi connectivity index (χ4n) is 2.46. The van der Waals surface area contributed by atoms with Gasteiger partial charge in [0, 0.05) is 11.8 Å². The monoisotopic (exact) mass is 241 g/mol. The zero-order chi connectivity index (χ0) is 12.8. The quantitative estimate of drug-likeness (QED) is 0.768. The third kappa shape index (κ3) is 1.84. The van der Waals surface area contributed by atoms with Gasteiger partial charge in [0.25, 0.3) is 0 Å². The summed E-state index contributed by atoms with van der Waals surface area (Å²) in [5.74, 6) is 2.09. The Balaban J connectivity index is 1.99. The fraction of sp³-hybridized carbons (Fsp3) is 0.467. The molecule has 0 aliphatic carbocycles. The Morgan fingerprint density at radius 2 is 1.89 bits per heavy atom. The Hall–Kier alpha value is -1.64. The highest BCUT2D eigenvalue weighted by molar-refractivity contribution is 5.23. The molecule has 1 aliphatic heterocycles. The van der Waals surface area contributed by atoms with Crippen molar-refractivity contribution in [3.63, 3.8) is 0 Å². The first-order valence-electron chi connectivity index (χ1n) is 6.56. The summed E-state index contributed by atoms with van der Waals surface area (Å²) >= 11 is 0. The first-order chi connectivity index (χ1) is 8.55. The molecule has 2 aromatic rings. The fourth-order valence-corrected chi connectivity index (χ4v) is 2.46. The van der Waals surface area contributed by atoms with Gasteiger partial charge >= 0.3 is 0 Å². The third-order valence-electron chi connectivity index (χ3n) is 3.49. The van der Waals surface area contributed by atoms with Crippen LogP contribution in [0.25, 0.3) is 0 Å². The van der Waals surface area contributed by atoms with Crippen molar-refractivity contribution < 1.29 is 0 Å². The van der Waals surface area contributed by atoms with Crippen LogP contribution in [-0.4, -0.2) is 14.8 Å². The summed E-state index contributed by atoms with van der Waals surface area (Å²) < 4.78 is 2.12. The van der Waals surface area contributed by atoms with Gasteiger partial charge in [0.15, 0.2) is 5.82 Å². The van der Waals surface area contributed by atoms with E-state index in [1.54, 1.807) is 0 Å². The summed E-state index contributed by atoms with van der Waals surface area (Å²) in [5, 5.41) is 4.73. The molecule has 1 aromatic heterocycles. The van der Waals surface area contributed by atoms with E-state index >= 15 is 0 Å². The standard InChI is InChI=1S/C15H19N3/c1-15(2,3)14-16-13-10-9-12(18(13)17-14)11-7-5-4-6-8-11/h4-8,12H,9-10H2,1-3H3/t12-/m1/s1. The van der Waals surface area contributed by atoms with Crippen molar-refractivity contribution in [1.82, 2.24) is 14.8 Å². The summed E-state index contributed by atoms with van der Waals surface area (Å²) in [5.41, 5.74) is 1.36. The van der Waals surface area contributed by atoms with Crippen LogP contribution in [0.5, 0.6) is 0 Å². The molecule has 0 spiro atoms. The van der Waals surface area contributed by atoms with Crippen molar-refractivity contribution >= 4 is 0 Å². The molecule has 1 atom stereocenters. The maximum Gasteiger partial charge on any atom is 0.156 e. The molecule has 0 unspecified atom stereocenters. The van der Waals surface area contributed by atoms with Gasteiger partial charge in [-0.3, -0.25) is 0 Å². The van der Waals surface area contributed by atoms with Gasteiger partial charge < -0.3 is 0 Å². The first kappa shape index (κ1) is 11.5. The zero-order valence-corrected chi connectivity index (χ0v) is 11.2. The van der Waals surface area contributed by atoms with Crippen molar-refractivity contribution in [1.29, 1.82) is 0 Å². The summed E-state index contributed by atoms with van der Waals surface area (Å²) in [7, 11) is 0. The van der Waals surface area contributed by atoms with E-state index in [2.05, 4.69) is 60.8 Å². The van der Waals surface area contributed by atoms with E-state index in [4.69, 9.17) is 5.10 Å². The van der Waals surface area contributed by atoms with E-state index in [0.29, 0.717) is 6.04 Å². The van der Waals surface area contributed by atoms with E-state index in [9.17, 15) is 0 Å². The Kier molecular flexibility index (Phi) is 2.51. The second-order valence-corrected chi connectivity index (χ2v) is 6.01. The molecular weight excluding hydrogens is 222 g/mol. The molecule has 0 saturated heterocycles. The number of hydrogen-bond donors (Lipinski definition) is 0. The van der Waals surface area contributed by atoms with Crippen molar-refractivity contribution in [2.45, 2.75) is 45.1 Å². The highest BCUT2D eigenvalue weighted by Crippen LogP contribution is 2.31. The van der Waals surface area contributed by atoms with Crippen LogP contribution in [0.15, 0.2) is 30.3 Å². The number of hydrogen-bond acceptors (Lipinski definition) is 2. The first-order valence-corrected chi connectivity index (χ1v) is 6.56. The molecule has 0 fully saturated rings. The number of fused-ring (bicyclic) bond motifs is 1. The molecule has 18 heavy (non-hydrogen) atoms. The van der Waals surface area contributed by atoms with E-state index in [-0.39, 0.29) is 5.41 Å². The molecule has 3 heteroatoms. The van der Waals surface area contributed by atoms with Crippen LogP contribution in [-0.2, 0) is 11.8 Å². The summed E-state index contributed by atoms with van der Waals surface area (Å²) in [6, 6.07) is 11.0. The van der Waals surface area contributed by atoms with Crippen LogP contribution < -0.4 is 0 Å². The van der Waals surface area contributed by atoms with Gasteiger partial charge in [-0.05, 0) is 12.0 Å². The molecular formula is C15H19N3. The lowest BCUT2D eigenvalue weighted by Gasteiger charge is -2.15. The maximum absolute atomic E-state index is 4.73. The lowest BCUT2D eigenvalue weighted by Crippen LogP contribution is -2.15. The highest BCUT2D eigenvalue weighted by atomic mass is 15.4. The lowest BCUT2D eigenvalue weighted by atomic mass is 9.96. The molecule has 94 valence electrons. The van der Waals surface area contributed by atoms with Gasteiger partial charge in [0.1, 0.15) is 5.82 Å². The summed E-state index contributed by atoms with van der Waals surface area (Å²) in [6.07, 6.45) is 2.15. The lowest BCUT2D eigenvalue weighted by molar-refractivity contribution is 0.500. The Labute approximate surface area is 108 Å². The molecule has 3 nitrogen and oxygen atoms in total. The minimum absolute atomic E-state index is 0.0264. The van der Waals surface area contributed by atoms with Gasteiger partial charge in [-0.2, -0.15) is 5.10 Å². The number of aromatic nitrogens is 3. The average molecular weight is 241 g/mol. The largest absolute Gasteiger partial charge is 0.242 e. The number of benzene rings is 1. The normalized spacial score (nSPS) is 18.9. The molecule has 0 saturated carbocycles. The second kappa shape index (κ2) is 3.94. The minimum Gasteiger partial charge on any atom is -0.242 e. The number of aryl methyl sites for hydroxylation is 1. The van der Waals surface area contributed by atoms with Gasteiger partial charge in [-0.15, -0.1) is 0 Å². The van der Waals surface area contributed by atoms with Gasteiger partial charge in [-0.1, -0.05) is 51.1 Å². The SMILES string of the molecule is CC(C)(C)c1nc2n(n1)[C@@H](c1ccccc1)CC2. The predicted octanol–water partition coefficient (Wildman–Crippen LogP) is 3.11. The minimum atomic E-state index is 0.0264. The van der Waals surface area contributed by atoms with E-state index in [0.717, 1.165) is 24.5 Å². The molecule has 3 rings (SSSR count). The molecule has 0 N–H and O–H groups in total. The number of nitrogens with zero attached hydrogens (tertiary/aromatic N) is 3. The number of rotatable bonds is 1. The Morgan fingerprint density at radius 1 is 1.17 bits per heavy atom. The van der Waals surface area contributed by atoms with Gasteiger partial charge in [0.2, 0.25) is 0 Å². The van der Waals surface area contributed by atoms with Crippen molar-refractivity contribution in [3.05, 3.63) is 47.5 Å². The van der Waals surface area contributed by atoms with Crippen LogP contribution in [0.3, 0.4) is 0 Å². The zero-order valence-electron chi connectivity index (χ0n) is 11.2. The van der Waals surface area contributed by atoms with Gasteiger partial charge in [0.05, 0.1) is 6.04 Å². The second-order valence-electron chi connectivity index (χ2n) is 6.01. The molecule has 0 bridgehead atoms. The van der Waals surface area contributed by atoms with Crippen LogP contribution in [0.2, 0.25) is 0 Å². The molecule has 0 radical (unpaired) electrons. The van der Waals surface area contributed by atoms with Crippen molar-refractivity contribution in [2.24, 2.45) is 0 Å². The molecule has 1 aliphatic rings. The molecule has 1 aromatic carbocycles. The smallest absolute Gasteiger partial charge is 0.156 e. The van der Waals surface area contributed by atoms with E-state index < -0.39 is 0 Å². The van der Waals surface area contributed by atoms with Crippen LogP contribution in [0, 0.1) is 0 Å².